The highest BCUT2D eigenvalue weighted by Gasteiger charge is 2.25. The third-order valence-electron chi connectivity index (χ3n) is 3.46. The standard InChI is InChI=1S/C15H14BrN3O3/c1-7-6-21-19-13(7)14-12(15(20)18-3)8-4-9(16)10(17-2)5-11(8)22-14/h4-6,17H,1-3H3,(H,18,20). The molecule has 0 bridgehead atoms. The van der Waals surface area contributed by atoms with Gasteiger partial charge in [0.15, 0.2) is 11.5 Å². The van der Waals surface area contributed by atoms with Crippen LogP contribution in [0.4, 0.5) is 5.69 Å². The van der Waals surface area contributed by atoms with E-state index in [0.29, 0.717) is 28.0 Å². The molecule has 1 aromatic carbocycles. The molecule has 0 fully saturated rings. The summed E-state index contributed by atoms with van der Waals surface area (Å²) >= 11 is 3.49. The van der Waals surface area contributed by atoms with Gasteiger partial charge in [-0.1, -0.05) is 5.16 Å². The lowest BCUT2D eigenvalue weighted by Crippen LogP contribution is -2.18. The average molecular weight is 364 g/mol. The molecular formula is C15H14BrN3O3. The third-order valence-corrected chi connectivity index (χ3v) is 4.12. The van der Waals surface area contributed by atoms with Gasteiger partial charge in [0.05, 0.1) is 11.3 Å². The summed E-state index contributed by atoms with van der Waals surface area (Å²) in [7, 11) is 3.40. The minimum Gasteiger partial charge on any atom is -0.453 e. The first-order chi connectivity index (χ1) is 10.6. The number of anilines is 1. The SMILES string of the molecule is CNC(=O)c1c(-c2nocc2C)oc2cc(NC)c(Br)cc12. The lowest BCUT2D eigenvalue weighted by Gasteiger charge is -2.03. The molecule has 0 atom stereocenters. The van der Waals surface area contributed by atoms with Gasteiger partial charge < -0.3 is 19.6 Å². The lowest BCUT2D eigenvalue weighted by atomic mass is 10.1. The maximum Gasteiger partial charge on any atom is 0.255 e. The number of aromatic nitrogens is 1. The summed E-state index contributed by atoms with van der Waals surface area (Å²) in [6.07, 6.45) is 1.52. The number of rotatable bonds is 3. The predicted molar refractivity (Wildman–Crippen MR) is 87.1 cm³/mol. The monoisotopic (exact) mass is 363 g/mol. The Hall–Kier alpha value is -2.28. The Balaban J connectivity index is 2.36. The number of carbonyl (C=O) groups is 1. The summed E-state index contributed by atoms with van der Waals surface area (Å²) in [5.74, 6) is 0.168. The first kappa shape index (κ1) is 14.6. The van der Waals surface area contributed by atoms with Crippen LogP contribution < -0.4 is 10.6 Å². The molecule has 2 heterocycles. The van der Waals surface area contributed by atoms with Gasteiger partial charge in [-0.05, 0) is 28.9 Å². The molecule has 0 aliphatic carbocycles. The number of fused-ring (bicyclic) bond motifs is 1. The smallest absolute Gasteiger partial charge is 0.255 e. The van der Waals surface area contributed by atoms with E-state index in [0.717, 1.165) is 15.7 Å². The molecule has 6 nitrogen and oxygen atoms in total. The maximum atomic E-state index is 12.3. The van der Waals surface area contributed by atoms with Gasteiger partial charge >= 0.3 is 0 Å². The molecular weight excluding hydrogens is 350 g/mol. The van der Waals surface area contributed by atoms with Gasteiger partial charge in [-0.15, -0.1) is 0 Å². The zero-order chi connectivity index (χ0) is 15.9. The van der Waals surface area contributed by atoms with E-state index >= 15 is 0 Å². The van der Waals surface area contributed by atoms with E-state index in [1.54, 1.807) is 7.05 Å². The number of hydrogen-bond acceptors (Lipinski definition) is 5. The summed E-state index contributed by atoms with van der Waals surface area (Å²) < 4.78 is 11.7. The van der Waals surface area contributed by atoms with E-state index in [4.69, 9.17) is 8.94 Å². The number of halogens is 1. The number of hydrogen-bond donors (Lipinski definition) is 2. The molecule has 3 aromatic rings. The Morgan fingerprint density at radius 3 is 2.68 bits per heavy atom. The van der Waals surface area contributed by atoms with Crippen LogP contribution in [0.25, 0.3) is 22.4 Å². The zero-order valence-electron chi connectivity index (χ0n) is 12.3. The van der Waals surface area contributed by atoms with Crippen molar-refractivity contribution >= 4 is 38.5 Å². The topological polar surface area (TPSA) is 80.3 Å². The van der Waals surface area contributed by atoms with Gasteiger partial charge in [0, 0.05) is 35.6 Å². The average Bonchev–Trinajstić information content (AvgIpc) is 3.08. The fourth-order valence-electron chi connectivity index (χ4n) is 2.33. The molecule has 2 aromatic heterocycles. The predicted octanol–water partition coefficient (Wildman–Crippen LogP) is 3.56. The number of nitrogens with one attached hydrogen (secondary N) is 2. The van der Waals surface area contributed by atoms with Crippen molar-refractivity contribution in [1.82, 2.24) is 10.5 Å². The van der Waals surface area contributed by atoms with Crippen LogP contribution in [0.15, 0.2) is 31.8 Å². The van der Waals surface area contributed by atoms with Crippen LogP contribution in [0.2, 0.25) is 0 Å². The molecule has 0 saturated carbocycles. The molecule has 0 radical (unpaired) electrons. The highest BCUT2D eigenvalue weighted by Crippen LogP contribution is 2.38. The summed E-state index contributed by atoms with van der Waals surface area (Å²) in [5, 5.41) is 10.4. The second-order valence-electron chi connectivity index (χ2n) is 4.81. The van der Waals surface area contributed by atoms with Crippen molar-refractivity contribution in [1.29, 1.82) is 0 Å². The third kappa shape index (κ3) is 2.18. The van der Waals surface area contributed by atoms with Gasteiger partial charge in [0.2, 0.25) is 0 Å². The van der Waals surface area contributed by atoms with E-state index in [9.17, 15) is 4.79 Å². The van der Waals surface area contributed by atoms with Crippen LogP contribution >= 0.6 is 15.9 Å². The fraction of sp³-hybridized carbons (Fsp3) is 0.200. The van der Waals surface area contributed by atoms with Gasteiger partial charge in [0.1, 0.15) is 11.8 Å². The van der Waals surface area contributed by atoms with Crippen LogP contribution in [0.1, 0.15) is 15.9 Å². The van der Waals surface area contributed by atoms with Crippen molar-refractivity contribution in [3.63, 3.8) is 0 Å². The summed E-state index contributed by atoms with van der Waals surface area (Å²) in [4.78, 5) is 12.3. The molecule has 0 unspecified atom stereocenters. The highest BCUT2D eigenvalue weighted by molar-refractivity contribution is 9.10. The van der Waals surface area contributed by atoms with Crippen molar-refractivity contribution in [2.45, 2.75) is 6.92 Å². The number of nitrogens with zero attached hydrogens (tertiary/aromatic N) is 1. The second kappa shape index (κ2) is 5.49. The van der Waals surface area contributed by atoms with Gasteiger partial charge in [-0.25, -0.2) is 0 Å². The largest absolute Gasteiger partial charge is 0.453 e. The van der Waals surface area contributed by atoms with Gasteiger partial charge in [-0.2, -0.15) is 0 Å². The molecule has 2 N–H and O–H groups in total. The van der Waals surface area contributed by atoms with Crippen LogP contribution in [0.5, 0.6) is 0 Å². The number of furan rings is 1. The van der Waals surface area contributed by atoms with Crippen molar-refractivity contribution in [2.24, 2.45) is 0 Å². The second-order valence-corrected chi connectivity index (χ2v) is 5.66. The van der Waals surface area contributed by atoms with Crippen molar-refractivity contribution in [3.05, 3.63) is 34.0 Å². The Labute approximate surface area is 135 Å². The summed E-state index contributed by atoms with van der Waals surface area (Å²) in [6.45, 7) is 1.85. The van der Waals surface area contributed by atoms with E-state index in [1.165, 1.54) is 6.26 Å². The molecule has 7 heteroatoms. The molecule has 1 amide bonds. The molecule has 114 valence electrons. The Morgan fingerprint density at radius 1 is 1.32 bits per heavy atom. The van der Waals surface area contributed by atoms with E-state index in [2.05, 4.69) is 31.7 Å². The minimum atomic E-state index is -0.236. The van der Waals surface area contributed by atoms with E-state index < -0.39 is 0 Å². The van der Waals surface area contributed by atoms with E-state index in [1.807, 2.05) is 26.1 Å². The van der Waals surface area contributed by atoms with Crippen LogP contribution in [0.3, 0.4) is 0 Å². The first-order valence-corrected chi connectivity index (χ1v) is 7.43. The van der Waals surface area contributed by atoms with Gasteiger partial charge in [-0.3, -0.25) is 4.79 Å². The molecule has 0 aliphatic heterocycles. The molecule has 22 heavy (non-hydrogen) atoms. The lowest BCUT2D eigenvalue weighted by molar-refractivity contribution is 0.0964. The van der Waals surface area contributed by atoms with Crippen LogP contribution in [0, 0.1) is 6.92 Å². The number of amides is 1. The van der Waals surface area contributed by atoms with Crippen molar-refractivity contribution in [2.75, 3.05) is 19.4 Å². The Bertz CT molecular complexity index is 866. The quantitative estimate of drug-likeness (QED) is 0.743. The summed E-state index contributed by atoms with van der Waals surface area (Å²) in [6, 6.07) is 3.69. The minimum absolute atomic E-state index is 0.236. The number of aryl methyl sites for hydroxylation is 1. The maximum absolute atomic E-state index is 12.3. The zero-order valence-corrected chi connectivity index (χ0v) is 13.9. The molecule has 3 rings (SSSR count). The Morgan fingerprint density at radius 2 is 2.09 bits per heavy atom. The molecule has 0 aliphatic rings. The van der Waals surface area contributed by atoms with Gasteiger partial charge in [0.25, 0.3) is 5.91 Å². The highest BCUT2D eigenvalue weighted by atomic mass is 79.9. The normalized spacial score (nSPS) is 10.9. The summed E-state index contributed by atoms with van der Waals surface area (Å²) in [5.41, 5.74) is 3.24. The molecule has 0 spiro atoms. The van der Waals surface area contributed by atoms with Crippen molar-refractivity contribution < 1.29 is 13.7 Å². The van der Waals surface area contributed by atoms with Crippen LogP contribution in [-0.2, 0) is 0 Å². The fourth-order valence-corrected chi connectivity index (χ4v) is 2.87. The first-order valence-electron chi connectivity index (χ1n) is 6.64. The number of carbonyl (C=O) groups excluding carboxylic acids is 1. The van der Waals surface area contributed by atoms with Crippen molar-refractivity contribution in [3.8, 4) is 11.5 Å². The van der Waals surface area contributed by atoms with E-state index in [-0.39, 0.29) is 5.91 Å². The molecule has 0 saturated heterocycles. The number of benzene rings is 1. The van der Waals surface area contributed by atoms with Crippen LogP contribution in [-0.4, -0.2) is 25.2 Å². The Kier molecular flexibility index (Phi) is 3.66.